The fraction of sp³-hybridized carbons (Fsp3) is 0.200. The molecule has 0 spiro atoms. The van der Waals surface area contributed by atoms with Gasteiger partial charge in [0.2, 0.25) is 0 Å². The van der Waals surface area contributed by atoms with E-state index in [4.69, 9.17) is 15.2 Å². The van der Waals surface area contributed by atoms with E-state index in [-0.39, 0.29) is 6.04 Å². The molecule has 0 aromatic heterocycles. The lowest BCUT2D eigenvalue weighted by molar-refractivity contribution is 0.268. The molecule has 3 nitrogen and oxygen atoms in total. The lowest BCUT2D eigenvalue weighted by Gasteiger charge is -2.23. The first-order valence-corrected chi connectivity index (χ1v) is 6.08. The quantitative estimate of drug-likeness (QED) is 0.877. The number of ether oxygens (including phenoxy) is 2. The Hall–Kier alpha value is -2.00. The van der Waals surface area contributed by atoms with E-state index < -0.39 is 0 Å². The molecule has 3 heteroatoms. The second-order valence-electron chi connectivity index (χ2n) is 4.36. The van der Waals surface area contributed by atoms with Crippen LogP contribution in [0.4, 0.5) is 0 Å². The molecule has 0 radical (unpaired) electrons. The Morgan fingerprint density at radius 1 is 1.06 bits per heavy atom. The smallest absolute Gasteiger partial charge is 0.128 e. The van der Waals surface area contributed by atoms with Crippen LogP contribution in [0.3, 0.4) is 0 Å². The molecule has 0 unspecified atom stereocenters. The number of rotatable bonds is 2. The highest BCUT2D eigenvalue weighted by Gasteiger charge is 2.18. The number of hydrogen-bond acceptors (Lipinski definition) is 3. The van der Waals surface area contributed by atoms with Gasteiger partial charge in [-0.1, -0.05) is 18.2 Å². The van der Waals surface area contributed by atoms with Crippen LogP contribution >= 0.6 is 0 Å². The van der Waals surface area contributed by atoms with Gasteiger partial charge in [-0.05, 0) is 30.3 Å². The minimum atomic E-state index is 0.0353. The SMILES string of the molecule is N[C@H]1CCOc2ccc(Oc3ccccc3)cc21. The van der Waals surface area contributed by atoms with Crippen molar-refractivity contribution in [1.82, 2.24) is 0 Å². The molecule has 1 aliphatic rings. The largest absolute Gasteiger partial charge is 0.493 e. The summed E-state index contributed by atoms with van der Waals surface area (Å²) >= 11 is 0. The first-order valence-electron chi connectivity index (χ1n) is 6.08. The summed E-state index contributed by atoms with van der Waals surface area (Å²) in [4.78, 5) is 0. The maximum absolute atomic E-state index is 6.07. The zero-order chi connectivity index (χ0) is 12.4. The van der Waals surface area contributed by atoms with Gasteiger partial charge in [0.15, 0.2) is 0 Å². The monoisotopic (exact) mass is 241 g/mol. The molecule has 18 heavy (non-hydrogen) atoms. The zero-order valence-corrected chi connectivity index (χ0v) is 10.0. The summed E-state index contributed by atoms with van der Waals surface area (Å²) in [6.07, 6.45) is 0.849. The first kappa shape index (κ1) is 11.1. The third kappa shape index (κ3) is 2.17. The molecule has 1 heterocycles. The molecule has 0 bridgehead atoms. The fourth-order valence-corrected chi connectivity index (χ4v) is 2.09. The van der Waals surface area contributed by atoms with Gasteiger partial charge in [-0.25, -0.2) is 0 Å². The first-order chi connectivity index (χ1) is 8.83. The number of para-hydroxylation sites is 1. The van der Waals surface area contributed by atoms with Crippen molar-refractivity contribution < 1.29 is 9.47 Å². The number of benzene rings is 2. The van der Waals surface area contributed by atoms with Crippen LogP contribution in [0, 0.1) is 0 Å². The molecule has 1 atom stereocenters. The summed E-state index contributed by atoms with van der Waals surface area (Å²) in [6.45, 7) is 0.688. The van der Waals surface area contributed by atoms with Crippen molar-refractivity contribution in [2.45, 2.75) is 12.5 Å². The van der Waals surface area contributed by atoms with E-state index in [2.05, 4.69) is 0 Å². The summed E-state index contributed by atoms with van der Waals surface area (Å²) in [7, 11) is 0. The maximum Gasteiger partial charge on any atom is 0.128 e. The standard InChI is InChI=1S/C15H15NO2/c16-14-8-9-17-15-7-6-12(10-13(14)15)18-11-4-2-1-3-5-11/h1-7,10,14H,8-9,16H2/t14-/m0/s1. The normalized spacial score (nSPS) is 17.7. The van der Waals surface area contributed by atoms with Crippen LogP contribution in [-0.2, 0) is 0 Å². The van der Waals surface area contributed by atoms with E-state index in [0.717, 1.165) is 29.2 Å². The number of nitrogens with two attached hydrogens (primary N) is 1. The van der Waals surface area contributed by atoms with E-state index in [9.17, 15) is 0 Å². The summed E-state index contributed by atoms with van der Waals surface area (Å²) in [5.74, 6) is 2.48. The van der Waals surface area contributed by atoms with Crippen molar-refractivity contribution in [2.75, 3.05) is 6.61 Å². The molecular formula is C15H15NO2. The minimum Gasteiger partial charge on any atom is -0.493 e. The van der Waals surface area contributed by atoms with Gasteiger partial charge < -0.3 is 15.2 Å². The molecule has 2 aromatic rings. The van der Waals surface area contributed by atoms with Gasteiger partial charge in [0, 0.05) is 18.0 Å². The number of fused-ring (bicyclic) bond motifs is 1. The van der Waals surface area contributed by atoms with E-state index in [1.165, 1.54) is 0 Å². The molecule has 2 N–H and O–H groups in total. The van der Waals surface area contributed by atoms with Crippen molar-refractivity contribution >= 4 is 0 Å². The van der Waals surface area contributed by atoms with Crippen LogP contribution in [0.2, 0.25) is 0 Å². The Balaban J connectivity index is 1.88. The minimum absolute atomic E-state index is 0.0353. The van der Waals surface area contributed by atoms with Crippen LogP contribution in [-0.4, -0.2) is 6.61 Å². The third-order valence-corrected chi connectivity index (χ3v) is 3.05. The molecule has 0 saturated heterocycles. The molecular weight excluding hydrogens is 226 g/mol. The molecule has 2 aromatic carbocycles. The molecule has 0 amide bonds. The average Bonchev–Trinajstić information content (AvgIpc) is 2.41. The Labute approximate surface area is 106 Å². The van der Waals surface area contributed by atoms with Gasteiger partial charge in [0.25, 0.3) is 0 Å². The molecule has 0 aliphatic carbocycles. The van der Waals surface area contributed by atoms with E-state index in [1.54, 1.807) is 0 Å². The molecule has 0 fully saturated rings. The number of hydrogen-bond donors (Lipinski definition) is 1. The Kier molecular flexibility index (Phi) is 2.90. The highest BCUT2D eigenvalue weighted by atomic mass is 16.5. The molecule has 1 aliphatic heterocycles. The molecule has 0 saturated carbocycles. The lowest BCUT2D eigenvalue weighted by atomic mass is 10.0. The van der Waals surface area contributed by atoms with Gasteiger partial charge in [-0.2, -0.15) is 0 Å². The van der Waals surface area contributed by atoms with Gasteiger partial charge in [-0.15, -0.1) is 0 Å². The predicted molar refractivity (Wildman–Crippen MR) is 70.0 cm³/mol. The van der Waals surface area contributed by atoms with Crippen LogP contribution in [0.15, 0.2) is 48.5 Å². The summed E-state index contributed by atoms with van der Waals surface area (Å²) in [5, 5.41) is 0. The summed E-state index contributed by atoms with van der Waals surface area (Å²) < 4.78 is 11.3. The van der Waals surface area contributed by atoms with E-state index in [1.807, 2.05) is 48.5 Å². The predicted octanol–water partition coefficient (Wildman–Crippen LogP) is 3.26. The third-order valence-electron chi connectivity index (χ3n) is 3.05. The van der Waals surface area contributed by atoms with Crippen molar-refractivity contribution in [3.8, 4) is 17.2 Å². The van der Waals surface area contributed by atoms with Gasteiger partial charge >= 0.3 is 0 Å². The van der Waals surface area contributed by atoms with Crippen molar-refractivity contribution in [1.29, 1.82) is 0 Å². The Morgan fingerprint density at radius 3 is 2.72 bits per heavy atom. The fourth-order valence-electron chi connectivity index (χ4n) is 2.09. The Morgan fingerprint density at radius 2 is 1.89 bits per heavy atom. The molecule has 3 rings (SSSR count). The van der Waals surface area contributed by atoms with Gasteiger partial charge in [-0.3, -0.25) is 0 Å². The van der Waals surface area contributed by atoms with E-state index >= 15 is 0 Å². The second kappa shape index (κ2) is 4.70. The highest BCUT2D eigenvalue weighted by molar-refractivity contribution is 5.44. The zero-order valence-electron chi connectivity index (χ0n) is 10.0. The van der Waals surface area contributed by atoms with Crippen LogP contribution < -0.4 is 15.2 Å². The highest BCUT2D eigenvalue weighted by Crippen LogP contribution is 2.34. The van der Waals surface area contributed by atoms with Crippen LogP contribution in [0.25, 0.3) is 0 Å². The van der Waals surface area contributed by atoms with Crippen molar-refractivity contribution in [3.63, 3.8) is 0 Å². The summed E-state index contributed by atoms with van der Waals surface area (Å²) in [6, 6.07) is 15.5. The van der Waals surface area contributed by atoms with Gasteiger partial charge in [0.1, 0.15) is 17.2 Å². The van der Waals surface area contributed by atoms with Crippen molar-refractivity contribution in [2.24, 2.45) is 5.73 Å². The van der Waals surface area contributed by atoms with Gasteiger partial charge in [0.05, 0.1) is 6.61 Å². The van der Waals surface area contributed by atoms with Crippen molar-refractivity contribution in [3.05, 3.63) is 54.1 Å². The molecule has 92 valence electrons. The topological polar surface area (TPSA) is 44.5 Å². The average molecular weight is 241 g/mol. The second-order valence-corrected chi connectivity index (χ2v) is 4.36. The van der Waals surface area contributed by atoms with Crippen LogP contribution in [0.5, 0.6) is 17.2 Å². The lowest BCUT2D eigenvalue weighted by Crippen LogP contribution is -2.20. The van der Waals surface area contributed by atoms with Crippen LogP contribution in [0.1, 0.15) is 18.0 Å². The Bertz CT molecular complexity index is 539. The summed E-state index contributed by atoms with van der Waals surface area (Å²) in [5.41, 5.74) is 7.10. The van der Waals surface area contributed by atoms with E-state index in [0.29, 0.717) is 6.61 Å². The maximum atomic E-state index is 6.07.